The number of aromatic nitrogens is 1. The predicted octanol–water partition coefficient (Wildman–Crippen LogP) is 2.52. The second-order valence-electron chi connectivity index (χ2n) is 4.39. The molecule has 1 aromatic heterocycles. The molecule has 0 spiro atoms. The summed E-state index contributed by atoms with van der Waals surface area (Å²) in [5, 5.41) is 0.746. The van der Waals surface area contributed by atoms with Gasteiger partial charge in [-0.15, -0.1) is 0 Å². The summed E-state index contributed by atoms with van der Waals surface area (Å²) in [6, 6.07) is 0. The summed E-state index contributed by atoms with van der Waals surface area (Å²) in [5.74, 6) is 5.97. The van der Waals surface area contributed by atoms with E-state index in [4.69, 9.17) is 10.6 Å². The van der Waals surface area contributed by atoms with E-state index in [1.165, 1.54) is 25.7 Å². The molecule has 90 valence electrons. The van der Waals surface area contributed by atoms with Crippen molar-refractivity contribution in [1.29, 1.82) is 0 Å². The van der Waals surface area contributed by atoms with Crippen LogP contribution in [0.2, 0.25) is 0 Å². The minimum Gasteiger partial charge on any atom is -0.372 e. The van der Waals surface area contributed by atoms with Crippen LogP contribution >= 0.6 is 11.3 Å². The summed E-state index contributed by atoms with van der Waals surface area (Å²) in [5.41, 5.74) is 2.55. The molecule has 0 aromatic carbocycles. The Bertz CT molecular complexity index is 329. The molecule has 3 N–H and O–H groups in total. The molecule has 4 nitrogen and oxygen atoms in total. The van der Waals surface area contributed by atoms with Gasteiger partial charge in [-0.05, 0) is 18.8 Å². The number of thiazole rings is 1. The smallest absolute Gasteiger partial charge is 0.197 e. The van der Waals surface area contributed by atoms with Gasteiger partial charge < -0.3 is 4.74 Å². The molecule has 16 heavy (non-hydrogen) atoms. The Morgan fingerprint density at radius 2 is 2.38 bits per heavy atom. The highest BCUT2D eigenvalue weighted by Crippen LogP contribution is 2.28. The first-order valence-corrected chi connectivity index (χ1v) is 6.64. The lowest BCUT2D eigenvalue weighted by molar-refractivity contribution is -0.0143. The third kappa shape index (κ3) is 2.93. The zero-order valence-corrected chi connectivity index (χ0v) is 10.4. The molecular weight excluding hydrogens is 222 g/mol. The number of ether oxygens (including phenoxy) is 1. The summed E-state index contributed by atoms with van der Waals surface area (Å²) in [6.07, 6.45) is 7.39. The van der Waals surface area contributed by atoms with E-state index in [1.807, 2.05) is 6.20 Å². The van der Waals surface area contributed by atoms with Gasteiger partial charge in [0.15, 0.2) is 5.13 Å². The molecule has 2 atom stereocenters. The number of anilines is 1. The van der Waals surface area contributed by atoms with Crippen molar-refractivity contribution in [2.24, 2.45) is 11.8 Å². The van der Waals surface area contributed by atoms with Crippen molar-refractivity contribution in [3.05, 3.63) is 11.1 Å². The summed E-state index contributed by atoms with van der Waals surface area (Å²) >= 11 is 1.55. The minimum absolute atomic E-state index is 0.421. The predicted molar refractivity (Wildman–Crippen MR) is 66.1 cm³/mol. The fourth-order valence-electron chi connectivity index (χ4n) is 2.16. The van der Waals surface area contributed by atoms with Crippen molar-refractivity contribution in [2.75, 3.05) is 5.43 Å². The lowest BCUT2D eigenvalue weighted by Crippen LogP contribution is -2.25. The van der Waals surface area contributed by atoms with Gasteiger partial charge in [0.05, 0.1) is 17.6 Å². The molecule has 1 saturated carbocycles. The molecule has 1 heterocycles. The van der Waals surface area contributed by atoms with Gasteiger partial charge in [-0.1, -0.05) is 31.1 Å². The Morgan fingerprint density at radius 3 is 3.06 bits per heavy atom. The van der Waals surface area contributed by atoms with Crippen LogP contribution in [0.4, 0.5) is 5.13 Å². The number of hydrogen-bond acceptors (Lipinski definition) is 5. The van der Waals surface area contributed by atoms with Crippen LogP contribution in [-0.4, -0.2) is 11.1 Å². The highest BCUT2D eigenvalue weighted by molar-refractivity contribution is 7.15. The lowest BCUT2D eigenvalue weighted by Gasteiger charge is -2.28. The van der Waals surface area contributed by atoms with Gasteiger partial charge in [-0.2, -0.15) is 0 Å². The Hall–Kier alpha value is -0.650. The summed E-state index contributed by atoms with van der Waals surface area (Å²) in [7, 11) is 0. The molecule has 5 heteroatoms. The van der Waals surface area contributed by atoms with Crippen LogP contribution in [0.1, 0.15) is 37.5 Å². The van der Waals surface area contributed by atoms with Crippen LogP contribution in [0.15, 0.2) is 6.20 Å². The lowest BCUT2D eigenvalue weighted by atomic mass is 9.88. The highest BCUT2D eigenvalue weighted by Gasteiger charge is 2.21. The van der Waals surface area contributed by atoms with Crippen LogP contribution in [-0.2, 0) is 11.3 Å². The second-order valence-corrected chi connectivity index (χ2v) is 5.50. The van der Waals surface area contributed by atoms with Crippen molar-refractivity contribution in [3.8, 4) is 0 Å². The Morgan fingerprint density at radius 1 is 1.56 bits per heavy atom. The third-order valence-electron chi connectivity index (χ3n) is 3.15. The largest absolute Gasteiger partial charge is 0.372 e. The number of hydrogen-bond donors (Lipinski definition) is 2. The van der Waals surface area contributed by atoms with Crippen LogP contribution in [0.5, 0.6) is 0 Å². The van der Waals surface area contributed by atoms with Gasteiger partial charge in [-0.25, -0.2) is 10.8 Å². The Labute approximate surface area is 100 Å². The van der Waals surface area contributed by atoms with Gasteiger partial charge >= 0.3 is 0 Å². The molecule has 1 fully saturated rings. The summed E-state index contributed by atoms with van der Waals surface area (Å²) in [4.78, 5) is 5.25. The molecular formula is C11H19N3OS. The normalized spacial score (nSPS) is 25.6. The molecule has 0 saturated heterocycles. The number of hydrazine groups is 1. The van der Waals surface area contributed by atoms with Gasteiger partial charge in [0.1, 0.15) is 0 Å². The third-order valence-corrected chi connectivity index (χ3v) is 4.05. The van der Waals surface area contributed by atoms with Crippen LogP contribution in [0.3, 0.4) is 0 Å². The topological polar surface area (TPSA) is 60.2 Å². The van der Waals surface area contributed by atoms with E-state index in [-0.39, 0.29) is 0 Å². The first-order valence-electron chi connectivity index (χ1n) is 5.82. The summed E-state index contributed by atoms with van der Waals surface area (Å²) in [6.45, 7) is 2.94. The molecule has 1 aliphatic rings. The molecule has 1 aromatic rings. The van der Waals surface area contributed by atoms with Gasteiger partial charge in [0.25, 0.3) is 0 Å². The van der Waals surface area contributed by atoms with E-state index >= 15 is 0 Å². The first-order chi connectivity index (χ1) is 7.79. The van der Waals surface area contributed by atoms with E-state index in [9.17, 15) is 0 Å². The monoisotopic (exact) mass is 241 g/mol. The maximum absolute atomic E-state index is 5.94. The Balaban J connectivity index is 1.81. The standard InChI is InChI=1S/C11H19N3OS/c1-8-4-2-3-5-10(8)15-7-9-6-13-11(14-12)16-9/h6,8,10H,2-5,7,12H2,1H3,(H,13,14). The van der Waals surface area contributed by atoms with Gasteiger partial charge in [-0.3, -0.25) is 5.43 Å². The molecule has 0 radical (unpaired) electrons. The first kappa shape index (κ1) is 11.8. The van der Waals surface area contributed by atoms with Crippen molar-refractivity contribution in [3.63, 3.8) is 0 Å². The van der Waals surface area contributed by atoms with Gasteiger partial charge in [0.2, 0.25) is 0 Å². The maximum atomic E-state index is 5.94. The zero-order valence-electron chi connectivity index (χ0n) is 9.61. The molecule has 0 amide bonds. The fourth-order valence-corrected chi connectivity index (χ4v) is 2.81. The molecule has 2 unspecified atom stereocenters. The fraction of sp³-hybridized carbons (Fsp3) is 0.727. The number of nitrogens with two attached hydrogens (primary N) is 1. The van der Waals surface area contributed by atoms with Gasteiger partial charge in [0, 0.05) is 6.20 Å². The van der Waals surface area contributed by atoms with Crippen LogP contribution < -0.4 is 11.3 Å². The SMILES string of the molecule is CC1CCCCC1OCc1cnc(NN)s1. The van der Waals surface area contributed by atoms with Crippen molar-refractivity contribution in [2.45, 2.75) is 45.3 Å². The molecule has 1 aliphatic carbocycles. The van der Waals surface area contributed by atoms with Crippen LogP contribution in [0.25, 0.3) is 0 Å². The number of nitrogen functional groups attached to an aromatic ring is 1. The minimum atomic E-state index is 0.421. The van der Waals surface area contributed by atoms with E-state index in [1.54, 1.807) is 11.3 Å². The zero-order chi connectivity index (χ0) is 11.4. The molecule has 0 aliphatic heterocycles. The van der Waals surface area contributed by atoms with E-state index < -0.39 is 0 Å². The number of rotatable bonds is 4. The summed E-state index contributed by atoms with van der Waals surface area (Å²) < 4.78 is 5.94. The van der Waals surface area contributed by atoms with E-state index in [0.717, 1.165) is 10.0 Å². The van der Waals surface area contributed by atoms with E-state index in [2.05, 4.69) is 17.3 Å². The average Bonchev–Trinajstić information content (AvgIpc) is 2.76. The molecule has 2 rings (SSSR count). The van der Waals surface area contributed by atoms with Crippen molar-refractivity contribution in [1.82, 2.24) is 4.98 Å². The molecule has 0 bridgehead atoms. The Kier molecular flexibility index (Phi) is 4.15. The van der Waals surface area contributed by atoms with Crippen molar-refractivity contribution >= 4 is 16.5 Å². The van der Waals surface area contributed by atoms with E-state index in [0.29, 0.717) is 18.6 Å². The highest BCUT2D eigenvalue weighted by atomic mass is 32.1. The number of nitrogens with one attached hydrogen (secondary N) is 1. The number of nitrogens with zero attached hydrogens (tertiary/aromatic N) is 1. The van der Waals surface area contributed by atoms with Crippen molar-refractivity contribution < 1.29 is 4.74 Å². The average molecular weight is 241 g/mol. The second kappa shape index (κ2) is 5.61. The maximum Gasteiger partial charge on any atom is 0.197 e. The van der Waals surface area contributed by atoms with Crippen LogP contribution in [0, 0.1) is 5.92 Å². The quantitative estimate of drug-likeness (QED) is 0.628.